The third-order valence-corrected chi connectivity index (χ3v) is 4.49. The first kappa shape index (κ1) is 18.2. The minimum absolute atomic E-state index is 0.110. The smallest absolute Gasteiger partial charge is 0.395 e. The van der Waals surface area contributed by atoms with Crippen molar-refractivity contribution in [1.29, 1.82) is 0 Å². The summed E-state index contributed by atoms with van der Waals surface area (Å²) in [5.41, 5.74) is 2.49. The second-order valence-corrected chi connectivity index (χ2v) is 6.75. The number of hydrogen-bond donors (Lipinski definition) is 1. The number of aromatic nitrogens is 2. The van der Waals surface area contributed by atoms with Crippen molar-refractivity contribution in [2.75, 3.05) is 5.32 Å². The van der Waals surface area contributed by atoms with Crippen LogP contribution in [0.4, 0.5) is 14.6 Å². The van der Waals surface area contributed by atoms with Crippen LogP contribution in [0, 0.1) is 6.92 Å². The number of hydrogen-bond acceptors (Lipinski definition) is 4. The molecule has 1 aliphatic rings. The van der Waals surface area contributed by atoms with E-state index >= 15 is 0 Å². The minimum Gasteiger partial charge on any atom is -0.395 e. The number of fused-ring (bicyclic) bond motifs is 1. The Balaban J connectivity index is 1.56. The predicted molar refractivity (Wildman–Crippen MR) is 99.0 cm³/mol. The third-order valence-electron chi connectivity index (χ3n) is 4.18. The van der Waals surface area contributed by atoms with Crippen LogP contribution in [-0.2, 0) is 7.05 Å². The summed E-state index contributed by atoms with van der Waals surface area (Å²) in [5.74, 6) is -0.190. The van der Waals surface area contributed by atoms with Crippen molar-refractivity contribution < 1.29 is 23.0 Å². The van der Waals surface area contributed by atoms with E-state index in [0.717, 1.165) is 5.56 Å². The molecule has 0 radical (unpaired) electrons. The Kier molecular flexibility index (Phi) is 4.23. The van der Waals surface area contributed by atoms with Gasteiger partial charge in [-0.15, -0.1) is 8.78 Å². The average Bonchev–Trinajstić information content (AvgIpc) is 3.11. The van der Waals surface area contributed by atoms with Crippen molar-refractivity contribution >= 4 is 23.3 Å². The van der Waals surface area contributed by atoms with Crippen LogP contribution in [0.15, 0.2) is 42.7 Å². The van der Waals surface area contributed by atoms with Gasteiger partial charge in [0.25, 0.3) is 5.91 Å². The van der Waals surface area contributed by atoms with Gasteiger partial charge in [0.2, 0.25) is 0 Å². The van der Waals surface area contributed by atoms with Gasteiger partial charge >= 0.3 is 6.29 Å². The fraction of sp³-hybridized carbons (Fsp3) is 0.158. The highest BCUT2D eigenvalue weighted by atomic mass is 35.5. The predicted octanol–water partition coefficient (Wildman–Crippen LogP) is 4.62. The molecule has 4 rings (SSSR count). The van der Waals surface area contributed by atoms with Crippen LogP contribution in [0.25, 0.3) is 11.1 Å². The standard InChI is InChI=1S/C19H14ClF2N3O3/c1-10-5-14(25(2)9-10)18(26)24-17-4-3-11(8-23-17)12-6-15-16(7-13(12)20)28-19(21,22)27-15/h3-9H,1-2H3,(H,23,24,26). The molecule has 3 aromatic rings. The number of carbonyl (C=O) groups is 1. The van der Waals surface area contributed by atoms with E-state index in [1.54, 1.807) is 29.8 Å². The Morgan fingerprint density at radius 3 is 2.54 bits per heavy atom. The molecule has 0 saturated carbocycles. The SMILES string of the molecule is Cc1cc(C(=O)Nc2ccc(-c3cc4c(cc3Cl)OC(F)(F)O4)cn2)n(C)c1. The van der Waals surface area contributed by atoms with Gasteiger partial charge in [0.15, 0.2) is 11.5 Å². The number of carbonyl (C=O) groups excluding carboxylic acids is 1. The molecule has 0 saturated heterocycles. The summed E-state index contributed by atoms with van der Waals surface area (Å²) in [6.45, 7) is 1.90. The first-order chi connectivity index (χ1) is 13.2. The monoisotopic (exact) mass is 405 g/mol. The fourth-order valence-corrected chi connectivity index (χ4v) is 3.22. The number of alkyl halides is 2. The summed E-state index contributed by atoms with van der Waals surface area (Å²) < 4.78 is 37.0. The van der Waals surface area contributed by atoms with Crippen LogP contribution in [0.3, 0.4) is 0 Å². The van der Waals surface area contributed by atoms with Gasteiger partial charge < -0.3 is 19.4 Å². The van der Waals surface area contributed by atoms with Crippen molar-refractivity contribution in [2.45, 2.75) is 13.2 Å². The van der Waals surface area contributed by atoms with E-state index in [9.17, 15) is 13.6 Å². The molecule has 0 spiro atoms. The maximum absolute atomic E-state index is 13.2. The lowest BCUT2D eigenvalue weighted by Gasteiger charge is -2.08. The lowest BCUT2D eigenvalue weighted by molar-refractivity contribution is -0.286. The number of halogens is 3. The third kappa shape index (κ3) is 3.38. The Labute approximate surface area is 163 Å². The lowest BCUT2D eigenvalue weighted by Crippen LogP contribution is -2.25. The first-order valence-corrected chi connectivity index (χ1v) is 8.60. The van der Waals surface area contributed by atoms with Gasteiger partial charge in [0.05, 0.1) is 5.02 Å². The van der Waals surface area contributed by atoms with Crippen LogP contribution in [0.1, 0.15) is 16.1 Å². The van der Waals surface area contributed by atoms with E-state index in [0.29, 0.717) is 22.6 Å². The topological polar surface area (TPSA) is 65.4 Å². The van der Waals surface area contributed by atoms with Gasteiger partial charge in [-0.2, -0.15) is 0 Å². The number of nitrogens with one attached hydrogen (secondary N) is 1. The molecule has 1 amide bonds. The van der Waals surface area contributed by atoms with E-state index < -0.39 is 6.29 Å². The number of rotatable bonds is 3. The summed E-state index contributed by atoms with van der Waals surface area (Å²) in [6.07, 6.45) is -0.393. The summed E-state index contributed by atoms with van der Waals surface area (Å²) in [5, 5.41) is 2.92. The molecular weight excluding hydrogens is 392 g/mol. The zero-order chi connectivity index (χ0) is 20.1. The summed E-state index contributed by atoms with van der Waals surface area (Å²) in [4.78, 5) is 16.6. The molecule has 0 fully saturated rings. The fourth-order valence-electron chi connectivity index (χ4n) is 2.96. The van der Waals surface area contributed by atoms with Gasteiger partial charge in [-0.3, -0.25) is 4.79 Å². The van der Waals surface area contributed by atoms with Crippen LogP contribution in [0.2, 0.25) is 5.02 Å². The molecule has 144 valence electrons. The summed E-state index contributed by atoms with van der Waals surface area (Å²) in [6, 6.07) is 7.66. The Bertz CT molecular complexity index is 1080. The highest BCUT2D eigenvalue weighted by Crippen LogP contribution is 2.45. The summed E-state index contributed by atoms with van der Waals surface area (Å²) in [7, 11) is 1.78. The molecule has 0 unspecified atom stereocenters. The first-order valence-electron chi connectivity index (χ1n) is 8.22. The van der Waals surface area contributed by atoms with Crippen LogP contribution < -0.4 is 14.8 Å². The van der Waals surface area contributed by atoms with E-state index in [4.69, 9.17) is 11.6 Å². The maximum Gasteiger partial charge on any atom is 0.586 e. The molecule has 28 heavy (non-hydrogen) atoms. The van der Waals surface area contributed by atoms with Crippen LogP contribution in [-0.4, -0.2) is 21.8 Å². The van der Waals surface area contributed by atoms with E-state index in [1.165, 1.54) is 18.3 Å². The normalized spacial score (nSPS) is 14.2. The highest BCUT2D eigenvalue weighted by molar-refractivity contribution is 6.33. The van der Waals surface area contributed by atoms with Gasteiger partial charge in [-0.1, -0.05) is 11.6 Å². The molecule has 1 aliphatic heterocycles. The van der Waals surface area contributed by atoms with Crippen molar-refractivity contribution in [1.82, 2.24) is 9.55 Å². The molecular formula is C19H14ClF2N3O3. The van der Waals surface area contributed by atoms with Gasteiger partial charge in [0.1, 0.15) is 11.5 Å². The summed E-state index contributed by atoms with van der Waals surface area (Å²) >= 11 is 6.18. The number of amides is 1. The number of nitrogens with zero attached hydrogens (tertiary/aromatic N) is 2. The van der Waals surface area contributed by atoms with Gasteiger partial charge in [-0.25, -0.2) is 4.98 Å². The van der Waals surface area contributed by atoms with Crippen molar-refractivity contribution in [3.63, 3.8) is 0 Å². The quantitative estimate of drug-likeness (QED) is 0.690. The van der Waals surface area contributed by atoms with Crippen LogP contribution >= 0.6 is 11.6 Å². The van der Waals surface area contributed by atoms with Crippen molar-refractivity contribution in [3.8, 4) is 22.6 Å². The number of pyridine rings is 1. The lowest BCUT2D eigenvalue weighted by atomic mass is 10.1. The number of ether oxygens (including phenoxy) is 2. The van der Waals surface area contributed by atoms with E-state index in [-0.39, 0.29) is 22.4 Å². The average molecular weight is 406 g/mol. The molecule has 2 aromatic heterocycles. The van der Waals surface area contributed by atoms with Crippen LogP contribution in [0.5, 0.6) is 11.5 Å². The van der Waals surface area contributed by atoms with Crippen molar-refractivity contribution in [3.05, 3.63) is 59.0 Å². The zero-order valence-electron chi connectivity index (χ0n) is 14.8. The molecule has 0 bridgehead atoms. The molecule has 1 aromatic carbocycles. The number of aryl methyl sites for hydroxylation is 2. The number of anilines is 1. The largest absolute Gasteiger partial charge is 0.586 e. The van der Waals surface area contributed by atoms with E-state index in [1.807, 2.05) is 13.1 Å². The van der Waals surface area contributed by atoms with Crippen molar-refractivity contribution in [2.24, 2.45) is 7.05 Å². The maximum atomic E-state index is 13.2. The minimum atomic E-state index is -3.72. The molecule has 0 atom stereocenters. The molecule has 3 heterocycles. The number of benzene rings is 1. The molecule has 6 nitrogen and oxygen atoms in total. The second-order valence-electron chi connectivity index (χ2n) is 6.35. The second kappa shape index (κ2) is 6.49. The van der Waals surface area contributed by atoms with Gasteiger partial charge in [0, 0.05) is 36.6 Å². The molecule has 1 N–H and O–H groups in total. The molecule has 0 aliphatic carbocycles. The van der Waals surface area contributed by atoms with E-state index in [2.05, 4.69) is 19.8 Å². The Morgan fingerprint density at radius 2 is 1.93 bits per heavy atom. The molecule has 9 heteroatoms. The Morgan fingerprint density at radius 1 is 1.21 bits per heavy atom. The highest BCUT2D eigenvalue weighted by Gasteiger charge is 2.43. The van der Waals surface area contributed by atoms with Gasteiger partial charge in [-0.05, 0) is 36.8 Å². The Hall–Kier alpha value is -3.13. The zero-order valence-corrected chi connectivity index (χ0v) is 15.6.